The molecule has 1 amide bonds. The number of benzene rings is 2. The summed E-state index contributed by atoms with van der Waals surface area (Å²) in [5, 5.41) is 11.2. The molecule has 0 aliphatic carbocycles. The summed E-state index contributed by atoms with van der Waals surface area (Å²) >= 11 is 6.07. The average molecular weight is 343 g/mol. The summed E-state index contributed by atoms with van der Waals surface area (Å²) in [7, 11) is 1.53. The number of carbonyl (C=O) groups excluding carboxylic acids is 1. The van der Waals surface area contributed by atoms with Crippen molar-refractivity contribution in [2.24, 2.45) is 0 Å². The van der Waals surface area contributed by atoms with Crippen LogP contribution in [0.5, 0.6) is 5.75 Å². The van der Waals surface area contributed by atoms with Gasteiger partial charge in [0.2, 0.25) is 0 Å². The maximum Gasteiger partial charge on any atom is 0.278 e. The summed E-state index contributed by atoms with van der Waals surface area (Å²) < 4.78 is 6.71. The van der Waals surface area contributed by atoms with Crippen molar-refractivity contribution >= 4 is 23.2 Å². The Labute approximate surface area is 144 Å². The zero-order chi connectivity index (χ0) is 17.1. The number of hydrogen-bond donors (Lipinski definition) is 1. The van der Waals surface area contributed by atoms with E-state index in [2.05, 4.69) is 15.6 Å². The lowest BCUT2D eigenvalue weighted by molar-refractivity contribution is 0.102. The van der Waals surface area contributed by atoms with Crippen molar-refractivity contribution in [1.82, 2.24) is 15.0 Å². The topological polar surface area (TPSA) is 69.0 Å². The average Bonchev–Trinajstić information content (AvgIpc) is 2.97. The number of rotatable bonds is 4. The number of hydrogen-bond acceptors (Lipinski definition) is 4. The van der Waals surface area contributed by atoms with Crippen molar-refractivity contribution in [1.29, 1.82) is 0 Å². The fraction of sp³-hybridized carbons (Fsp3) is 0.118. The first-order valence-electron chi connectivity index (χ1n) is 7.23. The largest absolute Gasteiger partial charge is 0.495 e. The number of amides is 1. The molecule has 0 saturated heterocycles. The summed E-state index contributed by atoms with van der Waals surface area (Å²) in [5.41, 5.74) is 2.30. The summed E-state index contributed by atoms with van der Waals surface area (Å²) in [6.45, 7) is 1.79. The molecule has 122 valence electrons. The Balaban J connectivity index is 1.84. The smallest absolute Gasteiger partial charge is 0.278 e. The monoisotopic (exact) mass is 342 g/mol. The number of aromatic nitrogens is 3. The predicted octanol–water partition coefficient (Wildman–Crippen LogP) is 3.49. The molecule has 0 bridgehead atoms. The summed E-state index contributed by atoms with van der Waals surface area (Å²) in [6, 6.07) is 14.5. The fourth-order valence-corrected chi connectivity index (χ4v) is 2.55. The van der Waals surface area contributed by atoms with E-state index in [0.717, 1.165) is 5.69 Å². The molecule has 2 aromatic carbocycles. The summed E-state index contributed by atoms with van der Waals surface area (Å²) in [4.78, 5) is 12.4. The Kier molecular flexibility index (Phi) is 4.48. The zero-order valence-electron chi connectivity index (χ0n) is 13.2. The fourth-order valence-electron chi connectivity index (χ4n) is 2.29. The van der Waals surface area contributed by atoms with Crippen molar-refractivity contribution in [3.63, 3.8) is 0 Å². The Morgan fingerprint density at radius 1 is 1.21 bits per heavy atom. The maximum absolute atomic E-state index is 12.4. The molecule has 24 heavy (non-hydrogen) atoms. The van der Waals surface area contributed by atoms with Gasteiger partial charge in [0.05, 0.1) is 23.5 Å². The highest BCUT2D eigenvalue weighted by Gasteiger charge is 2.17. The van der Waals surface area contributed by atoms with Gasteiger partial charge in [0.1, 0.15) is 5.75 Å². The van der Waals surface area contributed by atoms with Gasteiger partial charge in [-0.05, 0) is 37.3 Å². The molecule has 0 aliphatic rings. The Hall–Kier alpha value is -2.86. The highest BCUT2D eigenvalue weighted by Crippen LogP contribution is 2.27. The van der Waals surface area contributed by atoms with Gasteiger partial charge in [-0.1, -0.05) is 35.0 Å². The lowest BCUT2D eigenvalue weighted by Gasteiger charge is -2.07. The Bertz CT molecular complexity index is 878. The van der Waals surface area contributed by atoms with E-state index in [-0.39, 0.29) is 11.6 Å². The number of carbonyl (C=O) groups is 1. The van der Waals surface area contributed by atoms with Gasteiger partial charge in [0.25, 0.3) is 5.91 Å². The molecule has 3 rings (SSSR count). The van der Waals surface area contributed by atoms with E-state index in [1.807, 2.05) is 30.3 Å². The number of anilines is 1. The summed E-state index contributed by atoms with van der Waals surface area (Å²) in [5.74, 6) is 0.191. The summed E-state index contributed by atoms with van der Waals surface area (Å²) in [6.07, 6.45) is 0. The van der Waals surface area contributed by atoms with Crippen LogP contribution in [0, 0.1) is 6.92 Å². The lowest BCUT2D eigenvalue weighted by Crippen LogP contribution is -2.14. The van der Waals surface area contributed by atoms with Gasteiger partial charge in [0.15, 0.2) is 5.69 Å². The van der Waals surface area contributed by atoms with Gasteiger partial charge < -0.3 is 10.1 Å². The Morgan fingerprint density at radius 3 is 2.62 bits per heavy atom. The number of ether oxygens (including phenoxy) is 1. The minimum absolute atomic E-state index is 0.255. The van der Waals surface area contributed by atoms with Crippen LogP contribution in [0.25, 0.3) is 5.69 Å². The van der Waals surface area contributed by atoms with Crippen LogP contribution < -0.4 is 10.1 Å². The number of nitrogens with zero attached hydrogens (tertiary/aromatic N) is 3. The van der Waals surface area contributed by atoms with E-state index in [1.54, 1.807) is 29.8 Å². The molecule has 0 saturated carbocycles. The van der Waals surface area contributed by atoms with E-state index in [9.17, 15) is 4.79 Å². The number of para-hydroxylation sites is 1. The first-order valence-corrected chi connectivity index (χ1v) is 7.60. The molecule has 1 heterocycles. The molecule has 1 aromatic heterocycles. The molecule has 0 atom stereocenters. The highest BCUT2D eigenvalue weighted by molar-refractivity contribution is 6.32. The third-order valence-corrected chi connectivity index (χ3v) is 3.82. The van der Waals surface area contributed by atoms with Gasteiger partial charge in [0, 0.05) is 5.69 Å². The zero-order valence-corrected chi connectivity index (χ0v) is 13.9. The van der Waals surface area contributed by atoms with E-state index in [4.69, 9.17) is 16.3 Å². The van der Waals surface area contributed by atoms with E-state index in [1.165, 1.54) is 7.11 Å². The standard InChI is InChI=1S/C17H15ClN4O2/c1-11-16(20-21-22(11)13-6-4-3-5-7-13)17(23)19-12-8-9-15(24-2)14(18)10-12/h3-10H,1-2H3,(H,19,23). The maximum atomic E-state index is 12.4. The van der Waals surface area contributed by atoms with Crippen LogP contribution in [0.1, 0.15) is 16.2 Å². The van der Waals surface area contributed by atoms with Crippen LogP contribution in [0.4, 0.5) is 5.69 Å². The molecule has 3 aromatic rings. The van der Waals surface area contributed by atoms with Crippen molar-refractivity contribution in [3.8, 4) is 11.4 Å². The van der Waals surface area contributed by atoms with Gasteiger partial charge >= 0.3 is 0 Å². The van der Waals surface area contributed by atoms with Crippen molar-refractivity contribution in [2.45, 2.75) is 6.92 Å². The SMILES string of the molecule is COc1ccc(NC(=O)c2nnn(-c3ccccc3)c2C)cc1Cl. The molecule has 0 spiro atoms. The molecule has 6 nitrogen and oxygen atoms in total. The van der Waals surface area contributed by atoms with E-state index < -0.39 is 0 Å². The molecule has 0 fully saturated rings. The second-order valence-corrected chi connectivity index (χ2v) is 5.48. The van der Waals surface area contributed by atoms with Gasteiger partial charge in [-0.3, -0.25) is 4.79 Å². The number of halogens is 1. The van der Waals surface area contributed by atoms with Gasteiger partial charge in [-0.2, -0.15) is 0 Å². The van der Waals surface area contributed by atoms with Crippen LogP contribution in [0.15, 0.2) is 48.5 Å². The van der Waals surface area contributed by atoms with E-state index >= 15 is 0 Å². The predicted molar refractivity (Wildman–Crippen MR) is 92.1 cm³/mol. The third kappa shape index (κ3) is 3.09. The Morgan fingerprint density at radius 2 is 1.96 bits per heavy atom. The molecule has 7 heteroatoms. The van der Waals surface area contributed by atoms with Crippen molar-refractivity contribution < 1.29 is 9.53 Å². The van der Waals surface area contributed by atoms with Crippen molar-refractivity contribution in [2.75, 3.05) is 12.4 Å². The minimum Gasteiger partial charge on any atom is -0.495 e. The molecule has 1 N–H and O–H groups in total. The lowest BCUT2D eigenvalue weighted by atomic mass is 10.2. The van der Waals surface area contributed by atoms with Crippen LogP contribution >= 0.6 is 11.6 Å². The van der Waals surface area contributed by atoms with E-state index in [0.29, 0.717) is 22.2 Å². The van der Waals surface area contributed by atoms with Gasteiger partial charge in [-0.25, -0.2) is 4.68 Å². The number of nitrogens with one attached hydrogen (secondary N) is 1. The minimum atomic E-state index is -0.351. The van der Waals surface area contributed by atoms with Gasteiger partial charge in [-0.15, -0.1) is 5.10 Å². The molecular weight excluding hydrogens is 328 g/mol. The normalized spacial score (nSPS) is 10.5. The van der Waals surface area contributed by atoms with Crippen LogP contribution in [0.3, 0.4) is 0 Å². The number of methoxy groups -OCH3 is 1. The van der Waals surface area contributed by atoms with Crippen LogP contribution in [0.2, 0.25) is 5.02 Å². The second kappa shape index (κ2) is 6.72. The quantitative estimate of drug-likeness (QED) is 0.788. The highest BCUT2D eigenvalue weighted by atomic mass is 35.5. The first-order chi connectivity index (χ1) is 11.6. The second-order valence-electron chi connectivity index (χ2n) is 5.07. The first kappa shape index (κ1) is 16.0. The van der Waals surface area contributed by atoms with Crippen LogP contribution in [-0.4, -0.2) is 28.0 Å². The van der Waals surface area contributed by atoms with Crippen molar-refractivity contribution in [3.05, 3.63) is 64.9 Å². The molecular formula is C17H15ClN4O2. The third-order valence-electron chi connectivity index (χ3n) is 3.52. The van der Waals surface area contributed by atoms with Crippen LogP contribution in [-0.2, 0) is 0 Å². The molecule has 0 radical (unpaired) electrons. The molecule has 0 aliphatic heterocycles. The molecule has 0 unspecified atom stereocenters.